The standard InChI is InChI=1S/C30H28F4N10O2.CH2O2/c1-16-10-17(11-21(31)23(16)28(45)41-6-8-42(9-7-41)29(46)24-18-12-36-13-19(18)24)39-26-27-38-14-22(44(27)5-3-37-26)20-15-43(4-2-35)40-25(20)30(32,33)34;2-1-3/h3,5,10-11,14-15,18-19,24,36H,4,6-9,12-13H2,1H3,(H,37,39);1H,(H,2,3)/t18-,19+,24?;. The highest BCUT2D eigenvalue weighted by atomic mass is 19.4. The van der Waals surface area contributed by atoms with E-state index >= 15 is 4.39 Å². The molecule has 0 radical (unpaired) electrons. The van der Waals surface area contributed by atoms with Crippen molar-refractivity contribution in [2.45, 2.75) is 19.6 Å². The third-order valence-electron chi connectivity index (χ3n) is 8.99. The second kappa shape index (κ2) is 13.1. The molecule has 2 saturated heterocycles. The maximum absolute atomic E-state index is 15.5. The van der Waals surface area contributed by atoms with Crippen LogP contribution in [-0.4, -0.2) is 96.6 Å². The van der Waals surface area contributed by atoms with Crippen LogP contribution < -0.4 is 10.6 Å². The molecular formula is C31H30F4N10O4. The van der Waals surface area contributed by atoms with Crippen molar-refractivity contribution in [3.05, 3.63) is 59.6 Å². The molecule has 1 saturated carbocycles. The summed E-state index contributed by atoms with van der Waals surface area (Å²) in [5, 5.41) is 25.6. The Morgan fingerprint density at radius 2 is 1.82 bits per heavy atom. The van der Waals surface area contributed by atoms with Crippen molar-refractivity contribution in [1.82, 2.24) is 39.3 Å². The molecule has 256 valence electrons. The fourth-order valence-corrected chi connectivity index (χ4v) is 6.69. The number of carbonyl (C=O) groups excluding carboxylic acids is 2. The molecule has 7 rings (SSSR count). The second-order valence-corrected chi connectivity index (χ2v) is 11.9. The van der Waals surface area contributed by atoms with Gasteiger partial charge in [-0.05, 0) is 49.5 Å². The lowest BCUT2D eigenvalue weighted by Gasteiger charge is -2.35. The zero-order valence-electron chi connectivity index (χ0n) is 26.0. The quantitative estimate of drug-likeness (QED) is 0.203. The lowest BCUT2D eigenvalue weighted by atomic mass is 10.0. The Bertz CT molecular complexity index is 1930. The number of hydrogen-bond donors (Lipinski definition) is 3. The van der Waals surface area contributed by atoms with E-state index in [4.69, 9.17) is 15.2 Å². The van der Waals surface area contributed by atoms with Crippen LogP contribution in [0.5, 0.6) is 0 Å². The Morgan fingerprint density at radius 1 is 1.14 bits per heavy atom. The van der Waals surface area contributed by atoms with E-state index in [1.54, 1.807) is 28.9 Å². The Labute approximate surface area is 275 Å². The number of fused-ring (bicyclic) bond motifs is 2. The van der Waals surface area contributed by atoms with Crippen molar-refractivity contribution in [1.29, 1.82) is 5.26 Å². The van der Waals surface area contributed by atoms with Crippen molar-refractivity contribution in [2.24, 2.45) is 17.8 Å². The van der Waals surface area contributed by atoms with E-state index in [1.807, 2.05) is 0 Å². The summed E-state index contributed by atoms with van der Waals surface area (Å²) in [6.45, 7) is 4.16. The van der Waals surface area contributed by atoms with Gasteiger partial charge in [0.2, 0.25) is 5.91 Å². The molecule has 0 bridgehead atoms. The number of hydrogen-bond acceptors (Lipinski definition) is 9. The molecule has 3 aromatic heterocycles. The van der Waals surface area contributed by atoms with Gasteiger partial charge in [-0.3, -0.25) is 23.5 Å². The van der Waals surface area contributed by atoms with Gasteiger partial charge >= 0.3 is 6.18 Å². The van der Waals surface area contributed by atoms with Gasteiger partial charge in [-0.15, -0.1) is 0 Å². The molecule has 5 heterocycles. The van der Waals surface area contributed by atoms with Gasteiger partial charge < -0.3 is 25.5 Å². The third-order valence-corrected chi connectivity index (χ3v) is 8.99. The number of imidazole rings is 1. The highest BCUT2D eigenvalue weighted by Crippen LogP contribution is 2.49. The van der Waals surface area contributed by atoms with Gasteiger partial charge in [0.25, 0.3) is 12.4 Å². The van der Waals surface area contributed by atoms with Gasteiger partial charge in [-0.25, -0.2) is 14.4 Å². The zero-order chi connectivity index (χ0) is 35.0. The van der Waals surface area contributed by atoms with Crippen LogP contribution in [0.4, 0.5) is 29.1 Å². The average molecular weight is 683 g/mol. The van der Waals surface area contributed by atoms with E-state index < -0.39 is 23.6 Å². The number of piperazine rings is 1. The number of halogens is 4. The highest BCUT2D eigenvalue weighted by molar-refractivity contribution is 5.97. The monoisotopic (exact) mass is 682 g/mol. The number of benzene rings is 1. The lowest BCUT2D eigenvalue weighted by molar-refractivity contribution is -0.141. The molecule has 1 aliphatic carbocycles. The highest BCUT2D eigenvalue weighted by Gasteiger charge is 2.58. The number of amides is 2. The topological polar surface area (TPSA) is 174 Å². The van der Waals surface area contributed by atoms with Gasteiger partial charge in [0.1, 0.15) is 12.4 Å². The summed E-state index contributed by atoms with van der Waals surface area (Å²) in [7, 11) is 0. The minimum Gasteiger partial charge on any atom is -0.483 e. The summed E-state index contributed by atoms with van der Waals surface area (Å²) in [6, 6.07) is 4.51. The molecule has 3 aliphatic rings. The van der Waals surface area contributed by atoms with Crippen LogP contribution in [0, 0.1) is 41.8 Å². The summed E-state index contributed by atoms with van der Waals surface area (Å²) in [4.78, 5) is 46.5. The first-order chi connectivity index (χ1) is 23.5. The molecule has 0 spiro atoms. The predicted molar refractivity (Wildman–Crippen MR) is 164 cm³/mol. The van der Waals surface area contributed by atoms with Gasteiger partial charge in [-0.1, -0.05) is 0 Å². The molecule has 1 unspecified atom stereocenters. The van der Waals surface area contributed by atoms with Crippen LogP contribution in [0.1, 0.15) is 21.6 Å². The Balaban J connectivity index is 0.00000134. The van der Waals surface area contributed by atoms with E-state index in [-0.39, 0.29) is 58.8 Å². The van der Waals surface area contributed by atoms with Crippen LogP contribution >= 0.6 is 0 Å². The number of aryl methyl sites for hydroxylation is 1. The zero-order valence-corrected chi connectivity index (χ0v) is 26.0. The molecule has 2 aliphatic heterocycles. The number of nitrogens with zero attached hydrogens (tertiary/aromatic N) is 8. The SMILES string of the molecule is Cc1cc(Nc2nccn3c(-c4cn(CC#N)nc4C(F)(F)F)cnc23)cc(F)c1C(=O)N1CCN(C(=O)C2[C@H]3CNC[C@@H]23)CC1.O=CO. The maximum atomic E-state index is 15.5. The summed E-state index contributed by atoms with van der Waals surface area (Å²) >= 11 is 0. The number of alkyl halides is 3. The fraction of sp³-hybridized carbons (Fsp3) is 0.387. The van der Waals surface area contributed by atoms with Gasteiger partial charge in [0, 0.05) is 56.4 Å². The molecule has 1 aromatic carbocycles. The maximum Gasteiger partial charge on any atom is 0.435 e. The van der Waals surface area contributed by atoms with Crippen LogP contribution in [0.15, 0.2) is 36.9 Å². The second-order valence-electron chi connectivity index (χ2n) is 11.9. The molecule has 4 aromatic rings. The molecule has 18 heteroatoms. The van der Waals surface area contributed by atoms with E-state index in [1.165, 1.54) is 23.0 Å². The van der Waals surface area contributed by atoms with Crippen molar-refractivity contribution < 1.29 is 37.1 Å². The number of carboxylic acid groups (broad SMARTS) is 1. The number of nitriles is 1. The van der Waals surface area contributed by atoms with Crippen LogP contribution in [0.25, 0.3) is 16.9 Å². The van der Waals surface area contributed by atoms with Crippen LogP contribution in [-0.2, 0) is 22.3 Å². The number of anilines is 2. The summed E-state index contributed by atoms with van der Waals surface area (Å²) in [5.74, 6) is -0.0300. The Morgan fingerprint density at radius 3 is 2.45 bits per heavy atom. The summed E-state index contributed by atoms with van der Waals surface area (Å²) in [6.07, 6.45) is 0.371. The Hall–Kier alpha value is -5.57. The van der Waals surface area contributed by atoms with E-state index in [2.05, 4.69) is 25.7 Å². The van der Waals surface area contributed by atoms with Crippen molar-refractivity contribution >= 4 is 35.4 Å². The van der Waals surface area contributed by atoms with E-state index in [9.17, 15) is 22.8 Å². The molecule has 3 atom stereocenters. The molecular weight excluding hydrogens is 652 g/mol. The predicted octanol–water partition coefficient (Wildman–Crippen LogP) is 2.78. The number of carbonyl (C=O) groups is 3. The van der Waals surface area contributed by atoms with Crippen molar-refractivity contribution in [2.75, 3.05) is 44.6 Å². The van der Waals surface area contributed by atoms with E-state index in [0.29, 0.717) is 43.6 Å². The first-order valence-corrected chi connectivity index (χ1v) is 15.2. The van der Waals surface area contributed by atoms with Crippen LogP contribution in [0.2, 0.25) is 0 Å². The smallest absolute Gasteiger partial charge is 0.435 e. The van der Waals surface area contributed by atoms with Crippen molar-refractivity contribution in [3.63, 3.8) is 0 Å². The van der Waals surface area contributed by atoms with Gasteiger partial charge in [0.15, 0.2) is 17.2 Å². The number of aromatic nitrogens is 5. The molecule has 3 N–H and O–H groups in total. The van der Waals surface area contributed by atoms with E-state index in [0.717, 1.165) is 30.0 Å². The number of piperidine rings is 1. The summed E-state index contributed by atoms with van der Waals surface area (Å²) in [5.41, 5.74) is -0.639. The fourth-order valence-electron chi connectivity index (χ4n) is 6.69. The molecule has 3 fully saturated rings. The van der Waals surface area contributed by atoms with Gasteiger partial charge in [-0.2, -0.15) is 23.5 Å². The Kier molecular flexibility index (Phi) is 8.94. The number of rotatable bonds is 6. The molecule has 49 heavy (non-hydrogen) atoms. The lowest BCUT2D eigenvalue weighted by Crippen LogP contribution is -2.51. The minimum atomic E-state index is -4.78. The largest absolute Gasteiger partial charge is 0.483 e. The average Bonchev–Trinajstić information content (AvgIpc) is 3.46. The third kappa shape index (κ3) is 6.36. The first kappa shape index (κ1) is 33.3. The van der Waals surface area contributed by atoms with Crippen LogP contribution in [0.3, 0.4) is 0 Å². The normalized spacial score (nSPS) is 19.9. The molecule has 14 nitrogen and oxygen atoms in total. The van der Waals surface area contributed by atoms with Crippen molar-refractivity contribution in [3.8, 4) is 17.3 Å². The minimum absolute atomic E-state index is 0.0686. The summed E-state index contributed by atoms with van der Waals surface area (Å²) < 4.78 is 59.1. The first-order valence-electron chi connectivity index (χ1n) is 15.2. The van der Waals surface area contributed by atoms with Gasteiger partial charge in [0.05, 0.1) is 29.1 Å². The molecule has 2 amide bonds. The number of nitrogens with one attached hydrogen (secondary N) is 2.